The third-order valence-electron chi connectivity index (χ3n) is 3.88. The van der Waals surface area contributed by atoms with Crippen LogP contribution in [0.2, 0.25) is 0 Å². The van der Waals surface area contributed by atoms with E-state index in [0.717, 1.165) is 19.3 Å². The molecule has 0 bridgehead atoms. The quantitative estimate of drug-likeness (QED) is 0.546. The third-order valence-corrected chi connectivity index (χ3v) is 3.88. The van der Waals surface area contributed by atoms with E-state index in [9.17, 15) is 4.39 Å². The number of rotatable bonds is 9. The molecular formula is C20H26FNO. The molecule has 23 heavy (non-hydrogen) atoms. The SMILES string of the molecule is CCCCCc1ccc(-c2ccc(OCCCC)cc2F)nc1. The number of aromatic nitrogens is 1. The van der Waals surface area contributed by atoms with E-state index in [2.05, 4.69) is 18.8 Å². The van der Waals surface area contributed by atoms with Crippen LogP contribution in [-0.4, -0.2) is 11.6 Å². The van der Waals surface area contributed by atoms with E-state index < -0.39 is 0 Å². The lowest BCUT2D eigenvalue weighted by Gasteiger charge is -2.08. The first kappa shape index (κ1) is 17.5. The largest absolute Gasteiger partial charge is 0.493 e. The lowest BCUT2D eigenvalue weighted by Crippen LogP contribution is -1.97. The van der Waals surface area contributed by atoms with Crippen LogP contribution in [0.1, 0.15) is 51.5 Å². The van der Waals surface area contributed by atoms with Crippen molar-refractivity contribution in [3.8, 4) is 17.0 Å². The van der Waals surface area contributed by atoms with Gasteiger partial charge in [0.25, 0.3) is 0 Å². The third kappa shape index (κ3) is 5.34. The molecule has 0 aliphatic carbocycles. The molecule has 1 aromatic heterocycles. The molecule has 2 nitrogen and oxygen atoms in total. The zero-order chi connectivity index (χ0) is 16.5. The summed E-state index contributed by atoms with van der Waals surface area (Å²) in [6, 6.07) is 8.95. The van der Waals surface area contributed by atoms with Crippen molar-refractivity contribution < 1.29 is 9.13 Å². The second kappa shape index (κ2) is 9.29. The molecule has 3 heteroatoms. The van der Waals surface area contributed by atoms with Crippen LogP contribution in [0.25, 0.3) is 11.3 Å². The van der Waals surface area contributed by atoms with Crippen LogP contribution in [0.15, 0.2) is 36.5 Å². The number of aryl methyl sites for hydroxylation is 1. The second-order valence-corrected chi connectivity index (χ2v) is 5.85. The van der Waals surface area contributed by atoms with Gasteiger partial charge in [-0.05, 0) is 43.0 Å². The number of hydrogen-bond donors (Lipinski definition) is 0. The van der Waals surface area contributed by atoms with E-state index in [4.69, 9.17) is 4.74 Å². The average Bonchev–Trinajstić information content (AvgIpc) is 2.56. The standard InChI is InChI=1S/C20H26FNO/c1-3-5-7-8-16-9-12-20(22-15-16)18-11-10-17(14-19(18)21)23-13-6-4-2/h9-12,14-15H,3-8,13H2,1-2H3. The molecule has 0 spiro atoms. The number of nitrogens with zero attached hydrogens (tertiary/aromatic N) is 1. The van der Waals surface area contributed by atoms with Gasteiger partial charge < -0.3 is 4.74 Å². The van der Waals surface area contributed by atoms with Gasteiger partial charge in [0.2, 0.25) is 0 Å². The van der Waals surface area contributed by atoms with Crippen LogP contribution in [0.3, 0.4) is 0 Å². The highest BCUT2D eigenvalue weighted by atomic mass is 19.1. The molecule has 0 saturated carbocycles. The maximum atomic E-state index is 14.3. The van der Waals surface area contributed by atoms with Crippen molar-refractivity contribution in [2.45, 2.75) is 52.4 Å². The number of unbranched alkanes of at least 4 members (excludes halogenated alkanes) is 3. The monoisotopic (exact) mass is 315 g/mol. The molecular weight excluding hydrogens is 289 g/mol. The van der Waals surface area contributed by atoms with Gasteiger partial charge in [-0.2, -0.15) is 0 Å². The highest BCUT2D eigenvalue weighted by Crippen LogP contribution is 2.25. The molecule has 0 amide bonds. The fourth-order valence-corrected chi connectivity index (χ4v) is 2.44. The van der Waals surface area contributed by atoms with E-state index >= 15 is 0 Å². The maximum absolute atomic E-state index is 14.3. The number of halogens is 1. The van der Waals surface area contributed by atoms with Gasteiger partial charge in [-0.25, -0.2) is 4.39 Å². The Morgan fingerprint density at radius 2 is 1.83 bits per heavy atom. The van der Waals surface area contributed by atoms with Gasteiger partial charge in [-0.15, -0.1) is 0 Å². The van der Waals surface area contributed by atoms with E-state index in [-0.39, 0.29) is 5.82 Å². The lowest BCUT2D eigenvalue weighted by molar-refractivity contribution is 0.308. The maximum Gasteiger partial charge on any atom is 0.136 e. The van der Waals surface area contributed by atoms with E-state index in [1.165, 1.54) is 30.9 Å². The van der Waals surface area contributed by atoms with Crippen molar-refractivity contribution >= 4 is 0 Å². The molecule has 0 radical (unpaired) electrons. The Hall–Kier alpha value is -1.90. The highest BCUT2D eigenvalue weighted by molar-refractivity contribution is 5.61. The van der Waals surface area contributed by atoms with Crippen molar-refractivity contribution in [1.29, 1.82) is 0 Å². The molecule has 2 aromatic rings. The van der Waals surface area contributed by atoms with Crippen LogP contribution in [-0.2, 0) is 6.42 Å². The summed E-state index contributed by atoms with van der Waals surface area (Å²) in [5.74, 6) is 0.293. The predicted octanol–water partition coefficient (Wildman–Crippen LogP) is 5.80. The Kier molecular flexibility index (Phi) is 7.05. The van der Waals surface area contributed by atoms with Gasteiger partial charge in [0.05, 0.1) is 12.3 Å². The molecule has 1 aromatic carbocycles. The normalized spacial score (nSPS) is 10.7. The summed E-state index contributed by atoms with van der Waals surface area (Å²) in [7, 11) is 0. The predicted molar refractivity (Wildman–Crippen MR) is 93.3 cm³/mol. The average molecular weight is 315 g/mol. The Labute approximate surface area is 138 Å². The first-order chi connectivity index (χ1) is 11.2. The zero-order valence-electron chi connectivity index (χ0n) is 14.1. The summed E-state index contributed by atoms with van der Waals surface area (Å²) in [4.78, 5) is 4.41. The molecule has 124 valence electrons. The summed E-state index contributed by atoms with van der Waals surface area (Å²) >= 11 is 0. The second-order valence-electron chi connectivity index (χ2n) is 5.85. The molecule has 0 N–H and O–H groups in total. The van der Waals surface area contributed by atoms with Gasteiger partial charge in [0, 0.05) is 17.8 Å². The summed E-state index contributed by atoms with van der Waals surface area (Å²) in [5.41, 5.74) is 2.40. The Morgan fingerprint density at radius 3 is 2.48 bits per heavy atom. The van der Waals surface area contributed by atoms with Crippen molar-refractivity contribution in [2.24, 2.45) is 0 Å². The molecule has 0 unspecified atom stereocenters. The smallest absolute Gasteiger partial charge is 0.136 e. The first-order valence-electron chi connectivity index (χ1n) is 8.62. The van der Waals surface area contributed by atoms with Gasteiger partial charge in [0.1, 0.15) is 11.6 Å². The molecule has 1 heterocycles. The Morgan fingerprint density at radius 1 is 1.00 bits per heavy atom. The molecule has 0 atom stereocenters. The van der Waals surface area contributed by atoms with E-state index in [1.54, 1.807) is 6.07 Å². The van der Waals surface area contributed by atoms with Crippen molar-refractivity contribution in [3.63, 3.8) is 0 Å². The van der Waals surface area contributed by atoms with Crippen molar-refractivity contribution in [3.05, 3.63) is 47.9 Å². The van der Waals surface area contributed by atoms with Gasteiger partial charge in [-0.1, -0.05) is 39.2 Å². The Balaban J connectivity index is 2.03. The fourth-order valence-electron chi connectivity index (χ4n) is 2.44. The van der Waals surface area contributed by atoms with Gasteiger partial charge in [0.15, 0.2) is 0 Å². The minimum Gasteiger partial charge on any atom is -0.493 e. The van der Waals surface area contributed by atoms with E-state index in [0.29, 0.717) is 23.6 Å². The molecule has 0 aliphatic rings. The molecule has 2 rings (SSSR count). The highest BCUT2D eigenvalue weighted by Gasteiger charge is 2.08. The van der Waals surface area contributed by atoms with Crippen molar-refractivity contribution in [2.75, 3.05) is 6.61 Å². The van der Waals surface area contributed by atoms with Crippen LogP contribution in [0.4, 0.5) is 4.39 Å². The van der Waals surface area contributed by atoms with Crippen molar-refractivity contribution in [1.82, 2.24) is 4.98 Å². The van der Waals surface area contributed by atoms with Gasteiger partial charge >= 0.3 is 0 Å². The van der Waals surface area contributed by atoms with E-state index in [1.807, 2.05) is 24.4 Å². The zero-order valence-corrected chi connectivity index (χ0v) is 14.1. The first-order valence-corrected chi connectivity index (χ1v) is 8.62. The minimum absolute atomic E-state index is 0.287. The van der Waals surface area contributed by atoms with Gasteiger partial charge in [-0.3, -0.25) is 4.98 Å². The van der Waals surface area contributed by atoms with Crippen LogP contribution in [0, 0.1) is 5.82 Å². The lowest BCUT2D eigenvalue weighted by atomic mass is 10.1. The molecule has 0 fully saturated rings. The van der Waals surface area contributed by atoms with Crippen LogP contribution in [0.5, 0.6) is 5.75 Å². The summed E-state index contributed by atoms with van der Waals surface area (Å²) in [6.45, 7) is 4.92. The number of pyridine rings is 1. The van der Waals surface area contributed by atoms with Crippen LogP contribution < -0.4 is 4.74 Å². The summed E-state index contributed by atoms with van der Waals surface area (Å²) in [6.07, 6.45) is 8.55. The van der Waals surface area contributed by atoms with Crippen LogP contribution >= 0.6 is 0 Å². The number of ether oxygens (including phenoxy) is 1. The Bertz CT molecular complexity index is 595. The minimum atomic E-state index is -0.287. The summed E-state index contributed by atoms with van der Waals surface area (Å²) < 4.78 is 19.8. The number of hydrogen-bond acceptors (Lipinski definition) is 2. The molecule has 0 saturated heterocycles. The number of benzene rings is 1. The topological polar surface area (TPSA) is 22.1 Å². The summed E-state index contributed by atoms with van der Waals surface area (Å²) in [5, 5.41) is 0. The molecule has 0 aliphatic heterocycles. The fraction of sp³-hybridized carbons (Fsp3) is 0.450.